The fourth-order valence-corrected chi connectivity index (χ4v) is 1.47. The average molecular weight is 308 g/mol. The molecule has 0 spiro atoms. The predicted molar refractivity (Wildman–Crippen MR) is 63.8 cm³/mol. The molecule has 0 unspecified atom stereocenters. The number of hydrogen-bond donors (Lipinski definition) is 0. The molecule has 0 bridgehead atoms. The lowest BCUT2D eigenvalue weighted by Crippen LogP contribution is -2.11. The molecule has 0 amide bonds. The third-order valence-corrected chi connectivity index (χ3v) is 2.85. The van der Waals surface area contributed by atoms with Gasteiger partial charge < -0.3 is 4.74 Å². The van der Waals surface area contributed by atoms with E-state index in [2.05, 4.69) is 22.6 Å². The van der Waals surface area contributed by atoms with Crippen LogP contribution in [0.1, 0.15) is 19.4 Å². The minimum atomic E-state index is -0.148. The van der Waals surface area contributed by atoms with E-state index in [1.165, 1.54) is 0 Å². The Bertz CT molecular complexity index is 321. The van der Waals surface area contributed by atoms with Crippen molar-refractivity contribution in [3.05, 3.63) is 33.4 Å². The topological polar surface area (TPSA) is 26.3 Å². The number of halogens is 1. The van der Waals surface area contributed by atoms with Crippen LogP contribution in [0.25, 0.3) is 0 Å². The highest BCUT2D eigenvalue weighted by molar-refractivity contribution is 14.1. The summed E-state index contributed by atoms with van der Waals surface area (Å²) in [5.41, 5.74) is 1.06. The summed E-state index contributed by atoms with van der Waals surface area (Å²) < 4.78 is 6.25. The van der Waals surface area contributed by atoms with Gasteiger partial charge in [0.15, 0.2) is 0 Å². The number of esters is 1. The molecule has 0 heterocycles. The minimum Gasteiger partial charge on any atom is -0.461 e. The first-order valence-electron chi connectivity index (χ1n) is 4.51. The van der Waals surface area contributed by atoms with Crippen molar-refractivity contribution in [3.8, 4) is 0 Å². The molecule has 0 N–H and O–H groups in total. The number of carbonyl (C=O) groups excluding carboxylic acids is 1. The van der Waals surface area contributed by atoms with Gasteiger partial charge in [0, 0.05) is 9.13 Å². The van der Waals surface area contributed by atoms with Crippen LogP contribution in [0.15, 0.2) is 24.3 Å². The van der Waals surface area contributed by atoms with Gasteiger partial charge >= 0.3 is 5.97 Å². The van der Waals surface area contributed by atoms with Crippen molar-refractivity contribution >= 4 is 28.6 Å². The minimum absolute atomic E-state index is 0.0589. The van der Waals surface area contributed by atoms with Crippen LogP contribution in [0.2, 0.25) is 0 Å². The Labute approximate surface area is 97.8 Å². The number of ether oxygens (including phenoxy) is 1. The molecule has 0 saturated heterocycles. The highest BCUT2D eigenvalue weighted by Gasteiger charge is 2.08. The Morgan fingerprint density at radius 2 is 2.07 bits per heavy atom. The van der Waals surface area contributed by atoms with Crippen LogP contribution in [0.5, 0.6) is 0 Å². The first-order valence-corrected chi connectivity index (χ1v) is 5.59. The van der Waals surface area contributed by atoms with Crippen molar-refractivity contribution in [3.63, 3.8) is 0 Å². The summed E-state index contributed by atoms with van der Waals surface area (Å²) in [4.78, 5) is 11.2. The molecule has 0 radical (unpaired) electrons. The van der Waals surface area contributed by atoms with Crippen LogP contribution in [0.3, 0.4) is 0 Å². The summed E-state index contributed by atoms with van der Waals surface area (Å²) in [6.07, 6.45) is 0. The maximum atomic E-state index is 11.2. The van der Waals surface area contributed by atoms with Crippen molar-refractivity contribution in [2.75, 3.05) is 0 Å². The molecule has 0 aliphatic carbocycles. The molecular weight excluding hydrogens is 295 g/mol. The van der Waals surface area contributed by atoms with Gasteiger partial charge in [-0.3, -0.25) is 4.79 Å². The lowest BCUT2D eigenvalue weighted by Gasteiger charge is -2.08. The van der Waals surface area contributed by atoms with Crippen molar-refractivity contribution < 1.29 is 9.53 Å². The van der Waals surface area contributed by atoms with Gasteiger partial charge in [-0.05, 0) is 28.7 Å². The molecule has 0 saturated carbocycles. The van der Waals surface area contributed by atoms with E-state index < -0.39 is 0 Å². The molecule has 1 aromatic rings. The number of hydrogen-bond acceptors (Lipinski definition) is 2. The summed E-state index contributed by atoms with van der Waals surface area (Å²) in [7, 11) is 0. The quantitative estimate of drug-likeness (QED) is 0.634. The first kappa shape index (κ1) is 11.5. The Kier molecular flexibility index (Phi) is 4.38. The van der Waals surface area contributed by atoms with Crippen LogP contribution in [-0.2, 0) is 16.1 Å². The largest absolute Gasteiger partial charge is 0.461 e. The monoisotopic (exact) mass is 308 g/mol. The Hall–Kier alpha value is -0.580. The van der Waals surface area contributed by atoms with Gasteiger partial charge in [0.25, 0.3) is 0 Å². The van der Waals surface area contributed by atoms with E-state index >= 15 is 0 Å². The van der Waals surface area contributed by atoms with E-state index in [0.717, 1.165) is 9.13 Å². The van der Waals surface area contributed by atoms with Crippen molar-refractivity contribution in [2.24, 2.45) is 5.92 Å². The first-order chi connectivity index (χ1) is 6.61. The number of rotatable bonds is 3. The lowest BCUT2D eigenvalue weighted by atomic mass is 10.2. The van der Waals surface area contributed by atoms with E-state index in [0.29, 0.717) is 6.61 Å². The van der Waals surface area contributed by atoms with Crippen LogP contribution < -0.4 is 0 Å². The zero-order valence-electron chi connectivity index (χ0n) is 8.29. The maximum Gasteiger partial charge on any atom is 0.308 e. The summed E-state index contributed by atoms with van der Waals surface area (Å²) in [6.45, 7) is 4.03. The molecule has 1 rings (SSSR count). The molecule has 14 heavy (non-hydrogen) atoms. The van der Waals surface area contributed by atoms with E-state index in [1.807, 2.05) is 38.1 Å². The molecule has 0 aliphatic rings. The second-order valence-corrected chi connectivity index (χ2v) is 4.52. The number of benzene rings is 1. The average Bonchev–Trinajstić information content (AvgIpc) is 2.16. The molecule has 3 heteroatoms. The van der Waals surface area contributed by atoms with E-state index in [-0.39, 0.29) is 11.9 Å². The van der Waals surface area contributed by atoms with Gasteiger partial charge in [0.1, 0.15) is 6.61 Å². The molecule has 0 aromatic heterocycles. The van der Waals surface area contributed by atoms with Gasteiger partial charge in [0.05, 0.1) is 5.92 Å². The third kappa shape index (κ3) is 3.29. The van der Waals surface area contributed by atoms with Crippen molar-refractivity contribution in [2.45, 2.75) is 20.5 Å². The molecule has 0 fully saturated rings. The summed E-state index contributed by atoms with van der Waals surface area (Å²) >= 11 is 2.23. The number of carbonyl (C=O) groups is 1. The van der Waals surface area contributed by atoms with E-state index in [9.17, 15) is 4.79 Å². The molecule has 2 nitrogen and oxygen atoms in total. The lowest BCUT2D eigenvalue weighted by molar-refractivity contribution is -0.148. The van der Waals surface area contributed by atoms with E-state index in [4.69, 9.17) is 4.74 Å². The molecule has 0 aliphatic heterocycles. The maximum absolute atomic E-state index is 11.2. The fourth-order valence-electron chi connectivity index (χ4n) is 0.931. The van der Waals surface area contributed by atoms with Gasteiger partial charge in [-0.1, -0.05) is 32.0 Å². The molecule has 0 atom stereocenters. The van der Waals surface area contributed by atoms with Gasteiger partial charge in [-0.2, -0.15) is 0 Å². The summed E-state index contributed by atoms with van der Waals surface area (Å²) in [6, 6.07) is 7.88. The van der Waals surface area contributed by atoms with Gasteiger partial charge in [-0.25, -0.2) is 0 Å². The highest BCUT2D eigenvalue weighted by atomic mass is 131. The predicted octanol–water partition coefficient (Wildman–Crippen LogP) is 2.99. The van der Waals surface area contributed by atoms with Crippen LogP contribution in [0, 0.1) is 9.49 Å². The highest BCUT2D eigenvalue weighted by Crippen LogP contribution is 2.13. The van der Waals surface area contributed by atoms with E-state index in [1.54, 1.807) is 0 Å². The molecule has 1 aromatic carbocycles. The second-order valence-electron chi connectivity index (χ2n) is 3.35. The molecule has 76 valence electrons. The Morgan fingerprint density at radius 1 is 1.43 bits per heavy atom. The Balaban J connectivity index is 2.54. The molecular formula is C11H13IO2. The fraction of sp³-hybridized carbons (Fsp3) is 0.364. The van der Waals surface area contributed by atoms with Crippen LogP contribution >= 0.6 is 22.6 Å². The van der Waals surface area contributed by atoms with Gasteiger partial charge in [-0.15, -0.1) is 0 Å². The smallest absolute Gasteiger partial charge is 0.308 e. The van der Waals surface area contributed by atoms with Crippen LogP contribution in [0.4, 0.5) is 0 Å². The van der Waals surface area contributed by atoms with Gasteiger partial charge in [0.2, 0.25) is 0 Å². The zero-order chi connectivity index (χ0) is 10.6. The standard InChI is InChI=1S/C11H13IO2/c1-8(2)11(13)14-7-9-5-3-4-6-10(9)12/h3-6,8H,7H2,1-2H3/i12+4. The zero-order valence-corrected chi connectivity index (χ0v) is 10.4. The van der Waals surface area contributed by atoms with Crippen molar-refractivity contribution in [1.29, 1.82) is 0 Å². The normalized spacial score (nSPS) is 10.3. The SMILES string of the molecule is CC(C)C(=O)OCc1ccccc1[131I]. The third-order valence-electron chi connectivity index (χ3n) is 1.80. The summed E-state index contributed by atoms with van der Waals surface area (Å²) in [5.74, 6) is -0.207. The summed E-state index contributed by atoms with van der Waals surface area (Å²) in [5, 5.41) is 0. The Morgan fingerprint density at radius 3 is 2.64 bits per heavy atom. The second kappa shape index (κ2) is 5.34. The van der Waals surface area contributed by atoms with Crippen molar-refractivity contribution in [1.82, 2.24) is 0 Å². The van der Waals surface area contributed by atoms with Crippen LogP contribution in [-0.4, -0.2) is 5.97 Å².